The van der Waals surface area contributed by atoms with Crippen molar-refractivity contribution in [2.75, 3.05) is 27.4 Å². The zero-order valence-electron chi connectivity index (χ0n) is 24.1. The average Bonchev–Trinajstić information content (AvgIpc) is 3.35. The first-order chi connectivity index (χ1) is 19.5. The first kappa shape index (κ1) is 29.0. The maximum absolute atomic E-state index is 12.7. The van der Waals surface area contributed by atoms with E-state index in [4.69, 9.17) is 19.2 Å². The highest BCUT2D eigenvalue weighted by atomic mass is 16.5. The number of hydrogen-bond acceptors (Lipinski definition) is 5. The minimum atomic E-state index is -0.135. The molecule has 0 saturated carbocycles. The summed E-state index contributed by atoms with van der Waals surface area (Å²) < 4.78 is 18.9. The molecular weight excluding hydrogens is 502 g/mol. The number of unbranched alkanes of at least 4 members (excludes halogenated alkanes) is 1. The molecule has 1 aromatic heterocycles. The van der Waals surface area contributed by atoms with Crippen molar-refractivity contribution >= 4 is 16.9 Å². The largest absolute Gasteiger partial charge is 0.494 e. The van der Waals surface area contributed by atoms with Crippen LogP contribution in [-0.4, -0.2) is 42.8 Å². The number of benzene rings is 3. The molecule has 1 N–H and O–H groups in total. The van der Waals surface area contributed by atoms with Crippen LogP contribution < -0.4 is 19.5 Å². The Hall–Kier alpha value is -4.00. The normalized spacial score (nSPS) is 11.8. The second-order valence-corrected chi connectivity index (χ2v) is 10.0. The van der Waals surface area contributed by atoms with Crippen LogP contribution in [0, 0.1) is 0 Å². The van der Waals surface area contributed by atoms with Crippen molar-refractivity contribution in [2.45, 2.75) is 58.4 Å². The quantitative estimate of drug-likeness (QED) is 0.167. The standard InChI is InChI=1S/C33H41N3O4/c1-5-24(2)25-14-17-27(18-15-25)40-22-9-8-21-36-29-12-7-6-11-28(29)35-32(36)13-10-20-34-33(37)26-16-19-30(38-3)31(23-26)39-4/h6-7,11-12,14-19,23-24H,5,8-10,13,20-22H2,1-4H3,(H,34,37). The van der Waals surface area contributed by atoms with E-state index in [1.165, 1.54) is 5.56 Å². The number of para-hydroxylation sites is 2. The van der Waals surface area contributed by atoms with Gasteiger partial charge in [0.05, 0.1) is 31.9 Å². The molecule has 0 aliphatic rings. The van der Waals surface area contributed by atoms with E-state index in [2.05, 4.69) is 66.2 Å². The molecule has 7 heteroatoms. The van der Waals surface area contributed by atoms with Gasteiger partial charge in [-0.25, -0.2) is 4.98 Å². The van der Waals surface area contributed by atoms with Crippen LogP contribution in [0.4, 0.5) is 0 Å². The smallest absolute Gasteiger partial charge is 0.251 e. The van der Waals surface area contributed by atoms with Crippen molar-refractivity contribution in [1.82, 2.24) is 14.9 Å². The van der Waals surface area contributed by atoms with Crippen LogP contribution in [-0.2, 0) is 13.0 Å². The molecule has 0 bridgehead atoms. The van der Waals surface area contributed by atoms with Crippen LogP contribution >= 0.6 is 0 Å². The van der Waals surface area contributed by atoms with Gasteiger partial charge < -0.3 is 24.1 Å². The molecule has 0 saturated heterocycles. The second-order valence-electron chi connectivity index (χ2n) is 10.0. The van der Waals surface area contributed by atoms with Crippen LogP contribution in [0.15, 0.2) is 66.7 Å². The number of amides is 1. The van der Waals surface area contributed by atoms with E-state index in [0.717, 1.165) is 61.3 Å². The van der Waals surface area contributed by atoms with Crippen LogP contribution in [0.25, 0.3) is 11.0 Å². The lowest BCUT2D eigenvalue weighted by molar-refractivity contribution is 0.0952. The third-order valence-corrected chi connectivity index (χ3v) is 7.35. The van der Waals surface area contributed by atoms with E-state index in [0.29, 0.717) is 36.1 Å². The lowest BCUT2D eigenvalue weighted by atomic mass is 9.99. The van der Waals surface area contributed by atoms with E-state index in [9.17, 15) is 4.79 Å². The van der Waals surface area contributed by atoms with Gasteiger partial charge in [0.2, 0.25) is 0 Å². The number of imidazole rings is 1. The summed E-state index contributed by atoms with van der Waals surface area (Å²) >= 11 is 0. The number of methoxy groups -OCH3 is 2. The molecule has 1 unspecified atom stereocenters. The van der Waals surface area contributed by atoms with Crippen LogP contribution in [0.2, 0.25) is 0 Å². The topological polar surface area (TPSA) is 74.6 Å². The fourth-order valence-electron chi connectivity index (χ4n) is 4.78. The number of fused-ring (bicyclic) bond motifs is 1. The SMILES string of the molecule is CCC(C)c1ccc(OCCCCn2c(CCCNC(=O)c3ccc(OC)c(OC)c3)nc3ccccc32)cc1. The summed E-state index contributed by atoms with van der Waals surface area (Å²) in [7, 11) is 3.14. The maximum atomic E-state index is 12.7. The minimum absolute atomic E-state index is 0.135. The highest BCUT2D eigenvalue weighted by Gasteiger charge is 2.13. The molecular formula is C33H41N3O4. The zero-order valence-corrected chi connectivity index (χ0v) is 24.1. The molecule has 3 aromatic carbocycles. The maximum Gasteiger partial charge on any atom is 0.251 e. The summed E-state index contributed by atoms with van der Waals surface area (Å²) in [6.45, 7) is 6.58. The number of carbonyl (C=O) groups excluding carboxylic acids is 1. The van der Waals surface area contributed by atoms with E-state index >= 15 is 0 Å². The Morgan fingerprint density at radius 2 is 1.73 bits per heavy atom. The van der Waals surface area contributed by atoms with Gasteiger partial charge in [-0.05, 0) is 79.6 Å². The molecule has 0 aliphatic carbocycles. The van der Waals surface area contributed by atoms with Crippen molar-refractivity contribution in [3.63, 3.8) is 0 Å². The number of nitrogens with one attached hydrogen (secondary N) is 1. The summed E-state index contributed by atoms with van der Waals surface area (Å²) in [5.41, 5.74) is 4.05. The molecule has 1 heterocycles. The predicted octanol–water partition coefficient (Wildman–Crippen LogP) is 6.79. The Morgan fingerprint density at radius 3 is 2.48 bits per heavy atom. The fourth-order valence-corrected chi connectivity index (χ4v) is 4.78. The molecule has 212 valence electrons. The molecule has 0 spiro atoms. The Labute approximate surface area is 237 Å². The number of nitrogens with zero attached hydrogens (tertiary/aromatic N) is 2. The first-order valence-electron chi connectivity index (χ1n) is 14.2. The number of carbonyl (C=O) groups is 1. The molecule has 4 rings (SSSR count). The van der Waals surface area contributed by atoms with Crippen molar-refractivity contribution in [3.05, 3.63) is 83.7 Å². The van der Waals surface area contributed by atoms with E-state index in [-0.39, 0.29) is 5.91 Å². The fraction of sp³-hybridized carbons (Fsp3) is 0.394. The molecule has 4 aromatic rings. The van der Waals surface area contributed by atoms with Crippen LogP contribution in [0.3, 0.4) is 0 Å². The molecule has 0 aliphatic heterocycles. The molecule has 0 fully saturated rings. The molecule has 40 heavy (non-hydrogen) atoms. The van der Waals surface area contributed by atoms with Gasteiger partial charge in [0.1, 0.15) is 11.6 Å². The van der Waals surface area contributed by atoms with Crippen LogP contribution in [0.1, 0.15) is 67.2 Å². The van der Waals surface area contributed by atoms with E-state index < -0.39 is 0 Å². The Morgan fingerprint density at radius 1 is 0.950 bits per heavy atom. The highest BCUT2D eigenvalue weighted by Crippen LogP contribution is 2.27. The molecule has 1 amide bonds. The highest BCUT2D eigenvalue weighted by molar-refractivity contribution is 5.94. The van der Waals surface area contributed by atoms with Gasteiger partial charge >= 0.3 is 0 Å². The number of rotatable bonds is 15. The van der Waals surface area contributed by atoms with Gasteiger partial charge in [-0.2, -0.15) is 0 Å². The third kappa shape index (κ3) is 7.34. The zero-order chi connectivity index (χ0) is 28.3. The summed E-state index contributed by atoms with van der Waals surface area (Å²) in [5, 5.41) is 3.01. The first-order valence-corrected chi connectivity index (χ1v) is 14.2. The summed E-state index contributed by atoms with van der Waals surface area (Å²) in [4.78, 5) is 17.6. The number of aromatic nitrogens is 2. The van der Waals surface area contributed by atoms with E-state index in [1.807, 2.05) is 6.07 Å². The van der Waals surface area contributed by atoms with Crippen LogP contribution in [0.5, 0.6) is 17.2 Å². The minimum Gasteiger partial charge on any atom is -0.494 e. The van der Waals surface area contributed by atoms with Crippen molar-refractivity contribution in [1.29, 1.82) is 0 Å². The van der Waals surface area contributed by atoms with Gasteiger partial charge in [-0.3, -0.25) is 4.79 Å². The molecule has 0 radical (unpaired) electrons. The Kier molecular flexibility index (Phi) is 10.4. The van der Waals surface area contributed by atoms with Gasteiger partial charge in [0.15, 0.2) is 11.5 Å². The Balaban J connectivity index is 1.27. The summed E-state index contributed by atoms with van der Waals surface area (Å²) in [5.74, 6) is 3.54. The monoisotopic (exact) mass is 543 g/mol. The second kappa shape index (κ2) is 14.4. The van der Waals surface area contributed by atoms with Gasteiger partial charge in [0, 0.05) is 25.1 Å². The molecule has 1 atom stereocenters. The van der Waals surface area contributed by atoms with Gasteiger partial charge in [-0.1, -0.05) is 38.1 Å². The number of ether oxygens (including phenoxy) is 3. The summed E-state index contributed by atoms with van der Waals surface area (Å²) in [6, 6.07) is 21.9. The van der Waals surface area contributed by atoms with Crippen molar-refractivity contribution < 1.29 is 19.0 Å². The van der Waals surface area contributed by atoms with Crippen molar-refractivity contribution in [2.24, 2.45) is 0 Å². The van der Waals surface area contributed by atoms with Gasteiger partial charge in [0.25, 0.3) is 5.91 Å². The number of aryl methyl sites for hydroxylation is 2. The van der Waals surface area contributed by atoms with Crippen molar-refractivity contribution in [3.8, 4) is 17.2 Å². The van der Waals surface area contributed by atoms with Gasteiger partial charge in [-0.15, -0.1) is 0 Å². The Bertz CT molecular complexity index is 1380. The third-order valence-electron chi connectivity index (χ3n) is 7.35. The van der Waals surface area contributed by atoms with E-state index in [1.54, 1.807) is 32.4 Å². The predicted molar refractivity (Wildman–Crippen MR) is 160 cm³/mol. The summed E-state index contributed by atoms with van der Waals surface area (Å²) in [6.07, 6.45) is 4.66. The number of hydrogen-bond donors (Lipinski definition) is 1. The lowest BCUT2D eigenvalue weighted by Gasteiger charge is -2.12. The lowest BCUT2D eigenvalue weighted by Crippen LogP contribution is -2.25. The average molecular weight is 544 g/mol. The molecule has 7 nitrogen and oxygen atoms in total.